The zero-order chi connectivity index (χ0) is 19.2. The van der Waals surface area contributed by atoms with E-state index in [0.29, 0.717) is 16.7 Å². The summed E-state index contributed by atoms with van der Waals surface area (Å²) in [5.41, 5.74) is 0.868. The van der Waals surface area contributed by atoms with Crippen LogP contribution in [-0.4, -0.2) is 35.4 Å². The molecule has 3 aromatic rings. The molecular formula is C19H18N4O4. The minimum atomic E-state index is -0.491. The topological polar surface area (TPSA) is 113 Å². The molecule has 0 unspecified atom stereocenters. The predicted octanol–water partition coefficient (Wildman–Crippen LogP) is 0.978. The molecule has 0 aliphatic rings. The van der Waals surface area contributed by atoms with E-state index in [-0.39, 0.29) is 30.4 Å². The monoisotopic (exact) mass is 366 g/mol. The van der Waals surface area contributed by atoms with Gasteiger partial charge in [-0.15, -0.1) is 0 Å². The van der Waals surface area contributed by atoms with E-state index in [1.54, 1.807) is 42.5 Å². The maximum Gasteiger partial charge on any atom is 0.287 e. The van der Waals surface area contributed by atoms with E-state index in [0.717, 1.165) is 5.56 Å². The molecule has 8 heteroatoms. The van der Waals surface area contributed by atoms with Gasteiger partial charge in [-0.05, 0) is 29.8 Å². The smallest absolute Gasteiger partial charge is 0.287 e. The quantitative estimate of drug-likeness (QED) is 0.602. The second kappa shape index (κ2) is 8.13. The SMILES string of the molecule is CNC(=O)COc1cccc(CNC(=O)c2nc3ccccc3c(=O)[nH]2)c1. The number of aromatic amines is 1. The van der Waals surface area contributed by atoms with Crippen molar-refractivity contribution in [3.63, 3.8) is 0 Å². The molecule has 1 heterocycles. The Morgan fingerprint density at radius 3 is 2.78 bits per heavy atom. The summed E-state index contributed by atoms with van der Waals surface area (Å²) < 4.78 is 5.37. The molecule has 0 saturated heterocycles. The van der Waals surface area contributed by atoms with Crippen molar-refractivity contribution in [2.75, 3.05) is 13.7 Å². The van der Waals surface area contributed by atoms with E-state index in [1.807, 2.05) is 6.07 Å². The Labute approximate surface area is 154 Å². The lowest BCUT2D eigenvalue weighted by Crippen LogP contribution is -2.27. The Hall–Kier alpha value is -3.68. The number of aromatic nitrogens is 2. The van der Waals surface area contributed by atoms with Gasteiger partial charge >= 0.3 is 0 Å². The predicted molar refractivity (Wildman–Crippen MR) is 99.5 cm³/mol. The van der Waals surface area contributed by atoms with Crippen LogP contribution in [-0.2, 0) is 11.3 Å². The Bertz CT molecular complexity index is 1050. The van der Waals surface area contributed by atoms with Crippen LogP contribution in [0.4, 0.5) is 0 Å². The summed E-state index contributed by atoms with van der Waals surface area (Å²) in [6.45, 7) is 0.126. The highest BCUT2D eigenvalue weighted by Gasteiger charge is 2.11. The first-order valence-electron chi connectivity index (χ1n) is 8.26. The fourth-order valence-corrected chi connectivity index (χ4v) is 2.43. The van der Waals surface area contributed by atoms with Crippen LogP contribution in [0.3, 0.4) is 0 Å². The average molecular weight is 366 g/mol. The first-order valence-corrected chi connectivity index (χ1v) is 8.26. The molecule has 3 rings (SSSR count). The minimum Gasteiger partial charge on any atom is -0.484 e. The van der Waals surface area contributed by atoms with E-state index < -0.39 is 5.91 Å². The van der Waals surface area contributed by atoms with Crippen molar-refractivity contribution in [3.05, 3.63) is 70.3 Å². The maximum absolute atomic E-state index is 12.3. The summed E-state index contributed by atoms with van der Waals surface area (Å²) in [7, 11) is 1.53. The van der Waals surface area contributed by atoms with E-state index in [2.05, 4.69) is 20.6 Å². The van der Waals surface area contributed by atoms with Crippen LogP contribution >= 0.6 is 0 Å². The Kier molecular flexibility index (Phi) is 5.46. The van der Waals surface area contributed by atoms with Gasteiger partial charge in [0, 0.05) is 13.6 Å². The fourth-order valence-electron chi connectivity index (χ4n) is 2.43. The molecule has 0 saturated carbocycles. The Balaban J connectivity index is 1.67. The van der Waals surface area contributed by atoms with Crippen molar-refractivity contribution < 1.29 is 14.3 Å². The first-order chi connectivity index (χ1) is 13.1. The third kappa shape index (κ3) is 4.49. The van der Waals surface area contributed by atoms with E-state index >= 15 is 0 Å². The highest BCUT2D eigenvalue weighted by atomic mass is 16.5. The molecule has 0 atom stereocenters. The molecule has 8 nitrogen and oxygen atoms in total. The molecule has 2 amide bonds. The third-order valence-electron chi connectivity index (χ3n) is 3.83. The van der Waals surface area contributed by atoms with Crippen LogP contribution in [0.25, 0.3) is 10.9 Å². The first kappa shape index (κ1) is 18.1. The van der Waals surface area contributed by atoms with E-state index in [1.165, 1.54) is 7.05 Å². The lowest BCUT2D eigenvalue weighted by atomic mass is 10.2. The third-order valence-corrected chi connectivity index (χ3v) is 3.83. The van der Waals surface area contributed by atoms with Crippen molar-refractivity contribution >= 4 is 22.7 Å². The van der Waals surface area contributed by atoms with Gasteiger partial charge in [0.05, 0.1) is 10.9 Å². The molecule has 27 heavy (non-hydrogen) atoms. The van der Waals surface area contributed by atoms with Gasteiger partial charge in [-0.1, -0.05) is 24.3 Å². The molecule has 0 fully saturated rings. The van der Waals surface area contributed by atoms with Crippen LogP contribution in [0.1, 0.15) is 16.2 Å². The van der Waals surface area contributed by atoms with Crippen molar-refractivity contribution in [1.29, 1.82) is 0 Å². The highest BCUT2D eigenvalue weighted by Crippen LogP contribution is 2.13. The van der Waals surface area contributed by atoms with Gasteiger partial charge in [0.1, 0.15) is 5.75 Å². The molecule has 0 aliphatic heterocycles. The van der Waals surface area contributed by atoms with Gasteiger partial charge in [-0.2, -0.15) is 0 Å². The second-order valence-corrected chi connectivity index (χ2v) is 5.72. The maximum atomic E-state index is 12.3. The molecule has 138 valence electrons. The number of nitrogens with one attached hydrogen (secondary N) is 3. The van der Waals surface area contributed by atoms with Gasteiger partial charge in [-0.25, -0.2) is 4.98 Å². The highest BCUT2D eigenvalue weighted by molar-refractivity contribution is 5.92. The number of carbonyl (C=O) groups excluding carboxylic acids is 2. The second-order valence-electron chi connectivity index (χ2n) is 5.72. The minimum absolute atomic E-state index is 0.0503. The molecule has 0 aliphatic carbocycles. The Morgan fingerprint density at radius 1 is 1.15 bits per heavy atom. The number of H-pyrrole nitrogens is 1. The van der Waals surface area contributed by atoms with Crippen molar-refractivity contribution in [2.45, 2.75) is 6.54 Å². The van der Waals surface area contributed by atoms with Crippen LogP contribution in [0.2, 0.25) is 0 Å². The molecule has 3 N–H and O–H groups in total. The Morgan fingerprint density at radius 2 is 1.96 bits per heavy atom. The summed E-state index contributed by atoms with van der Waals surface area (Å²) in [5, 5.41) is 5.60. The van der Waals surface area contributed by atoms with Crippen molar-refractivity contribution in [2.24, 2.45) is 0 Å². The zero-order valence-corrected chi connectivity index (χ0v) is 14.6. The largest absolute Gasteiger partial charge is 0.484 e. The zero-order valence-electron chi connectivity index (χ0n) is 14.6. The van der Waals surface area contributed by atoms with Gasteiger partial charge in [0.2, 0.25) is 0 Å². The number of para-hydroxylation sites is 1. The molecule has 0 spiro atoms. The van der Waals surface area contributed by atoms with Crippen molar-refractivity contribution in [1.82, 2.24) is 20.6 Å². The summed E-state index contributed by atoms with van der Waals surface area (Å²) in [6, 6.07) is 13.8. The van der Waals surface area contributed by atoms with Gasteiger partial charge in [0.15, 0.2) is 12.4 Å². The number of nitrogens with zero attached hydrogens (tertiary/aromatic N) is 1. The molecule has 1 aromatic heterocycles. The van der Waals surface area contributed by atoms with Crippen LogP contribution in [0.5, 0.6) is 5.75 Å². The summed E-state index contributed by atoms with van der Waals surface area (Å²) in [4.78, 5) is 42.3. The number of amides is 2. The van der Waals surface area contributed by atoms with E-state index in [9.17, 15) is 14.4 Å². The number of carbonyl (C=O) groups is 2. The van der Waals surface area contributed by atoms with Crippen LogP contribution in [0, 0.1) is 0 Å². The van der Waals surface area contributed by atoms with E-state index in [4.69, 9.17) is 4.74 Å². The summed E-state index contributed by atoms with van der Waals surface area (Å²) >= 11 is 0. The lowest BCUT2D eigenvalue weighted by Gasteiger charge is -2.08. The molecule has 2 aromatic carbocycles. The number of hydrogen-bond acceptors (Lipinski definition) is 5. The van der Waals surface area contributed by atoms with Gasteiger partial charge < -0.3 is 20.4 Å². The lowest BCUT2D eigenvalue weighted by molar-refractivity contribution is -0.122. The van der Waals surface area contributed by atoms with Crippen molar-refractivity contribution in [3.8, 4) is 5.75 Å². The van der Waals surface area contributed by atoms with Crippen LogP contribution < -0.4 is 20.9 Å². The molecule has 0 bridgehead atoms. The average Bonchev–Trinajstić information content (AvgIpc) is 2.70. The van der Waals surface area contributed by atoms with Gasteiger partial charge in [-0.3, -0.25) is 14.4 Å². The number of hydrogen-bond donors (Lipinski definition) is 3. The number of rotatable bonds is 6. The molecule has 0 radical (unpaired) electrons. The molecular weight excluding hydrogens is 348 g/mol. The van der Waals surface area contributed by atoms with Gasteiger partial charge in [0.25, 0.3) is 17.4 Å². The number of fused-ring (bicyclic) bond motifs is 1. The fraction of sp³-hybridized carbons (Fsp3) is 0.158. The standard InChI is InChI=1S/C19H18N4O4/c1-20-16(24)11-27-13-6-4-5-12(9-13)10-21-19(26)17-22-15-8-3-2-7-14(15)18(25)23-17/h2-9H,10-11H2,1H3,(H,20,24)(H,21,26)(H,22,23,25). The van der Waals surface area contributed by atoms with Crippen LogP contribution in [0.15, 0.2) is 53.3 Å². The number of ether oxygens (including phenoxy) is 1. The normalized spacial score (nSPS) is 10.4. The number of likely N-dealkylation sites (N-methyl/N-ethyl adjacent to an activating group) is 1. The number of benzene rings is 2. The summed E-state index contributed by atoms with van der Waals surface area (Å²) in [5.74, 6) is -0.261. The summed E-state index contributed by atoms with van der Waals surface area (Å²) in [6.07, 6.45) is 0.